The smallest absolute Gasteiger partial charge is 0.365 e. The number of carboxylic acid groups (broad SMARTS) is 1. The van der Waals surface area contributed by atoms with Crippen LogP contribution in [0.2, 0.25) is 10.4 Å². The van der Waals surface area contributed by atoms with E-state index in [-0.39, 0.29) is 28.0 Å². The summed E-state index contributed by atoms with van der Waals surface area (Å²) in [7, 11) is -5.01. The van der Waals surface area contributed by atoms with Crippen molar-refractivity contribution in [2.75, 3.05) is 6.61 Å². The number of fused-ring (bicyclic) bond motifs is 1. The standard InChI is InChI=1S/C12H13Cl2N4O8P/c13-7-6-8(17-12(14)16-7)18(3-15-6)9-5(19)1-4(26-9)2-25-11(10(20)21)27(22,23)24/h3-5,9,11,19H,1-2H2,(H,20,21)(H2,22,23,24). The van der Waals surface area contributed by atoms with Gasteiger partial charge < -0.3 is 29.5 Å². The van der Waals surface area contributed by atoms with E-state index in [1.54, 1.807) is 0 Å². The van der Waals surface area contributed by atoms with E-state index in [1.807, 2.05) is 0 Å². The van der Waals surface area contributed by atoms with Crippen LogP contribution in [0.25, 0.3) is 11.2 Å². The zero-order valence-electron chi connectivity index (χ0n) is 13.2. The maximum absolute atomic E-state index is 11.2. The molecule has 1 aliphatic heterocycles. The largest absolute Gasteiger partial charge is 0.479 e. The molecule has 2 aromatic heterocycles. The van der Waals surface area contributed by atoms with Crippen LogP contribution in [0, 0.1) is 0 Å². The molecule has 1 aliphatic rings. The van der Waals surface area contributed by atoms with Crippen LogP contribution in [0.1, 0.15) is 12.6 Å². The summed E-state index contributed by atoms with van der Waals surface area (Å²) in [5.74, 6) is -4.13. The number of imidazole rings is 1. The van der Waals surface area contributed by atoms with E-state index in [1.165, 1.54) is 10.9 Å². The van der Waals surface area contributed by atoms with Crippen molar-refractivity contribution in [1.82, 2.24) is 19.5 Å². The Balaban J connectivity index is 1.76. The maximum Gasteiger partial charge on any atom is 0.365 e. The molecule has 4 unspecified atom stereocenters. The second-order valence-corrected chi connectivity index (χ2v) is 8.02. The van der Waals surface area contributed by atoms with Gasteiger partial charge in [-0.05, 0) is 11.6 Å². The predicted molar refractivity (Wildman–Crippen MR) is 89.3 cm³/mol. The van der Waals surface area contributed by atoms with Gasteiger partial charge in [-0.1, -0.05) is 11.6 Å². The SMILES string of the molecule is O=C(O)C(OCC1CC(O)C(n2cnc3c(Cl)nc(Cl)nc32)O1)P(=O)(O)O. The summed E-state index contributed by atoms with van der Waals surface area (Å²) < 4.78 is 22.9. The number of hydrogen-bond donors (Lipinski definition) is 4. The summed E-state index contributed by atoms with van der Waals surface area (Å²) in [6.45, 7) is -0.460. The molecule has 4 atom stereocenters. The number of rotatable bonds is 6. The van der Waals surface area contributed by atoms with E-state index >= 15 is 0 Å². The fourth-order valence-corrected chi connectivity index (χ4v) is 3.63. The van der Waals surface area contributed by atoms with Crippen molar-refractivity contribution >= 4 is 47.9 Å². The molecule has 2 aromatic rings. The van der Waals surface area contributed by atoms with E-state index in [9.17, 15) is 14.5 Å². The maximum atomic E-state index is 11.2. The molecule has 3 rings (SSSR count). The van der Waals surface area contributed by atoms with Crippen LogP contribution >= 0.6 is 30.8 Å². The average Bonchev–Trinajstić information content (AvgIpc) is 3.09. The number of aliphatic hydroxyl groups is 1. The van der Waals surface area contributed by atoms with Gasteiger partial charge in [-0.3, -0.25) is 9.13 Å². The van der Waals surface area contributed by atoms with Crippen LogP contribution in [0.3, 0.4) is 0 Å². The van der Waals surface area contributed by atoms with E-state index in [2.05, 4.69) is 15.0 Å². The summed E-state index contributed by atoms with van der Waals surface area (Å²) in [4.78, 5) is 40.7. The van der Waals surface area contributed by atoms with Gasteiger partial charge in [-0.15, -0.1) is 0 Å². The number of aromatic nitrogens is 4. The molecule has 0 aliphatic carbocycles. The van der Waals surface area contributed by atoms with Crippen molar-refractivity contribution < 1.29 is 38.8 Å². The van der Waals surface area contributed by atoms with Gasteiger partial charge in [0.25, 0.3) is 5.85 Å². The van der Waals surface area contributed by atoms with Gasteiger partial charge >= 0.3 is 13.6 Å². The fraction of sp³-hybridized carbons (Fsp3) is 0.500. The van der Waals surface area contributed by atoms with Gasteiger partial charge in [0, 0.05) is 6.42 Å². The molecule has 0 spiro atoms. The molecule has 27 heavy (non-hydrogen) atoms. The molecule has 148 valence electrons. The number of aliphatic hydroxyl groups excluding tert-OH is 1. The Bertz CT molecular complexity index is 920. The van der Waals surface area contributed by atoms with Gasteiger partial charge in [0.2, 0.25) is 5.28 Å². The lowest BCUT2D eigenvalue weighted by Gasteiger charge is -2.19. The molecule has 0 radical (unpaired) electrons. The number of carboxylic acids is 1. The Morgan fingerprint density at radius 3 is 2.78 bits per heavy atom. The topological polar surface area (TPSA) is 177 Å². The number of hydrogen-bond acceptors (Lipinski definition) is 8. The van der Waals surface area contributed by atoms with E-state index < -0.39 is 44.5 Å². The van der Waals surface area contributed by atoms with Gasteiger partial charge in [-0.25, -0.2) is 14.8 Å². The minimum atomic E-state index is -5.01. The molecule has 12 nitrogen and oxygen atoms in total. The van der Waals surface area contributed by atoms with E-state index in [0.717, 1.165) is 0 Å². The summed E-state index contributed by atoms with van der Waals surface area (Å²) in [5.41, 5.74) is 0.452. The molecule has 0 saturated carbocycles. The van der Waals surface area contributed by atoms with Gasteiger partial charge in [0.15, 0.2) is 17.0 Å². The Morgan fingerprint density at radius 1 is 1.44 bits per heavy atom. The number of nitrogens with zero attached hydrogens (tertiary/aromatic N) is 4. The Hall–Kier alpha value is -1.37. The molecule has 0 bridgehead atoms. The lowest BCUT2D eigenvalue weighted by atomic mass is 10.2. The van der Waals surface area contributed by atoms with E-state index in [4.69, 9.17) is 47.6 Å². The van der Waals surface area contributed by atoms with Crippen LogP contribution in [-0.4, -0.2) is 70.1 Å². The van der Waals surface area contributed by atoms with Crippen molar-refractivity contribution in [1.29, 1.82) is 0 Å². The minimum Gasteiger partial charge on any atom is -0.479 e. The van der Waals surface area contributed by atoms with Gasteiger partial charge in [-0.2, -0.15) is 4.98 Å². The molecular weight excluding hydrogens is 430 g/mol. The highest BCUT2D eigenvalue weighted by atomic mass is 35.5. The predicted octanol–water partition coefficient (Wildman–Crippen LogP) is 0.386. The minimum absolute atomic E-state index is 0.0158. The first-order chi connectivity index (χ1) is 12.6. The zero-order valence-corrected chi connectivity index (χ0v) is 15.6. The normalized spacial score (nSPS) is 24.4. The van der Waals surface area contributed by atoms with Crippen molar-refractivity contribution in [2.45, 2.75) is 30.7 Å². The number of aliphatic carboxylic acids is 1. The lowest BCUT2D eigenvalue weighted by molar-refractivity contribution is -0.148. The summed E-state index contributed by atoms with van der Waals surface area (Å²) in [6, 6.07) is 0. The first-order valence-corrected chi connectivity index (χ1v) is 9.80. The van der Waals surface area contributed by atoms with Crippen LogP contribution < -0.4 is 0 Å². The quantitative estimate of drug-likeness (QED) is 0.276. The highest BCUT2D eigenvalue weighted by Crippen LogP contribution is 2.42. The van der Waals surface area contributed by atoms with Crippen molar-refractivity contribution in [3.8, 4) is 0 Å². The second-order valence-electron chi connectivity index (χ2n) is 5.67. The van der Waals surface area contributed by atoms with Crippen molar-refractivity contribution in [3.05, 3.63) is 16.8 Å². The molecule has 3 heterocycles. The Labute approximate surface area is 160 Å². The summed E-state index contributed by atoms with van der Waals surface area (Å²) >= 11 is 11.7. The van der Waals surface area contributed by atoms with Gasteiger partial charge in [0.1, 0.15) is 11.6 Å². The molecule has 1 saturated heterocycles. The third-order valence-electron chi connectivity index (χ3n) is 3.75. The average molecular weight is 443 g/mol. The Kier molecular flexibility index (Phi) is 5.71. The summed E-state index contributed by atoms with van der Waals surface area (Å²) in [5, 5.41) is 19.0. The third-order valence-corrected chi connectivity index (χ3v) is 5.16. The molecule has 15 heteroatoms. The fourth-order valence-electron chi connectivity index (χ4n) is 2.64. The zero-order chi connectivity index (χ0) is 19.9. The molecular formula is C12H13Cl2N4O8P. The number of ether oxygens (including phenoxy) is 2. The Morgan fingerprint density at radius 2 is 2.15 bits per heavy atom. The number of carbonyl (C=O) groups is 1. The van der Waals surface area contributed by atoms with Gasteiger partial charge in [0.05, 0.1) is 19.0 Å². The first kappa shape index (κ1) is 20.4. The molecule has 4 N–H and O–H groups in total. The highest BCUT2D eigenvalue weighted by Gasteiger charge is 2.41. The number of halogens is 2. The van der Waals surface area contributed by atoms with Crippen molar-refractivity contribution in [2.24, 2.45) is 0 Å². The second kappa shape index (κ2) is 7.57. The van der Waals surface area contributed by atoms with Crippen LogP contribution in [-0.2, 0) is 18.8 Å². The van der Waals surface area contributed by atoms with E-state index in [0.29, 0.717) is 0 Å². The molecule has 0 amide bonds. The highest BCUT2D eigenvalue weighted by molar-refractivity contribution is 7.53. The van der Waals surface area contributed by atoms with Crippen LogP contribution in [0.4, 0.5) is 0 Å². The lowest BCUT2D eigenvalue weighted by Crippen LogP contribution is -2.28. The van der Waals surface area contributed by atoms with Crippen molar-refractivity contribution in [3.63, 3.8) is 0 Å². The third kappa shape index (κ3) is 4.23. The van der Waals surface area contributed by atoms with Crippen LogP contribution in [0.15, 0.2) is 6.33 Å². The van der Waals surface area contributed by atoms with Crippen LogP contribution in [0.5, 0.6) is 0 Å². The summed E-state index contributed by atoms with van der Waals surface area (Å²) in [6.07, 6.45) is -1.52. The molecule has 0 aromatic carbocycles. The molecule has 1 fully saturated rings. The first-order valence-electron chi connectivity index (χ1n) is 7.36. The monoisotopic (exact) mass is 442 g/mol.